The minimum atomic E-state index is 0.393. The summed E-state index contributed by atoms with van der Waals surface area (Å²) in [6.45, 7) is 5.39. The summed E-state index contributed by atoms with van der Waals surface area (Å²) in [5.74, 6) is 4.32. The van der Waals surface area contributed by atoms with Crippen LogP contribution in [0, 0.1) is 0 Å². The summed E-state index contributed by atoms with van der Waals surface area (Å²) in [5.41, 5.74) is 0. The number of nitrogens with one attached hydrogen (secondary N) is 1. The molecule has 1 N–H and O–H groups in total. The van der Waals surface area contributed by atoms with Gasteiger partial charge in [-0.15, -0.1) is 0 Å². The van der Waals surface area contributed by atoms with Gasteiger partial charge >= 0.3 is 0 Å². The zero-order valence-corrected chi connectivity index (χ0v) is 11.4. The van der Waals surface area contributed by atoms with Crippen molar-refractivity contribution in [2.24, 2.45) is 0 Å². The van der Waals surface area contributed by atoms with E-state index in [4.69, 9.17) is 4.52 Å². The Hall–Kier alpha value is -0.550. The van der Waals surface area contributed by atoms with Crippen molar-refractivity contribution < 1.29 is 4.52 Å². The van der Waals surface area contributed by atoms with Gasteiger partial charge in [0.1, 0.15) is 0 Å². The smallest absolute Gasteiger partial charge is 0.232 e. The Labute approximate surface area is 107 Å². The van der Waals surface area contributed by atoms with Crippen molar-refractivity contribution in [1.29, 1.82) is 0 Å². The average Bonchev–Trinajstić information content (AvgIpc) is 2.94. The number of aryl methyl sites for hydroxylation is 1. The number of hydrogen-bond donors (Lipinski definition) is 1. The third-order valence-corrected chi connectivity index (χ3v) is 4.20. The predicted molar refractivity (Wildman–Crippen MR) is 70.4 cm³/mol. The van der Waals surface area contributed by atoms with E-state index in [9.17, 15) is 0 Å². The van der Waals surface area contributed by atoms with Gasteiger partial charge in [-0.05, 0) is 19.4 Å². The van der Waals surface area contributed by atoms with Gasteiger partial charge < -0.3 is 9.84 Å². The zero-order chi connectivity index (χ0) is 12.1. The van der Waals surface area contributed by atoms with Gasteiger partial charge in [0, 0.05) is 24.0 Å². The molecule has 1 aliphatic rings. The summed E-state index contributed by atoms with van der Waals surface area (Å²) in [4.78, 5) is 4.51. The molecule has 0 aromatic carbocycles. The lowest BCUT2D eigenvalue weighted by atomic mass is 10.0. The molecule has 1 saturated heterocycles. The second kappa shape index (κ2) is 6.40. The number of rotatable bonds is 6. The molecule has 17 heavy (non-hydrogen) atoms. The summed E-state index contributed by atoms with van der Waals surface area (Å²) in [5, 5.41) is 7.61. The largest absolute Gasteiger partial charge is 0.339 e. The maximum atomic E-state index is 5.40. The number of nitrogens with zero attached hydrogens (tertiary/aromatic N) is 2. The molecule has 1 fully saturated rings. The molecule has 2 atom stereocenters. The van der Waals surface area contributed by atoms with Crippen molar-refractivity contribution in [2.45, 2.75) is 45.1 Å². The fourth-order valence-corrected chi connectivity index (χ4v) is 3.44. The summed E-state index contributed by atoms with van der Waals surface area (Å²) in [6.07, 6.45) is 3.14. The SMILES string of the molecule is CCCNC1CSCC1c1nc(CCC)no1. The highest BCUT2D eigenvalue weighted by molar-refractivity contribution is 7.99. The first-order valence-electron chi connectivity index (χ1n) is 6.48. The van der Waals surface area contributed by atoms with Crippen molar-refractivity contribution in [3.63, 3.8) is 0 Å². The van der Waals surface area contributed by atoms with Crippen LogP contribution < -0.4 is 5.32 Å². The van der Waals surface area contributed by atoms with E-state index in [1.807, 2.05) is 11.8 Å². The molecule has 1 aliphatic heterocycles. The topological polar surface area (TPSA) is 51.0 Å². The Morgan fingerprint density at radius 3 is 3.00 bits per heavy atom. The van der Waals surface area contributed by atoms with Crippen molar-refractivity contribution in [3.05, 3.63) is 11.7 Å². The second-order valence-corrected chi connectivity index (χ2v) is 5.58. The van der Waals surface area contributed by atoms with E-state index in [0.29, 0.717) is 12.0 Å². The predicted octanol–water partition coefficient (Wildman–Crippen LogP) is 2.22. The molecule has 0 bridgehead atoms. The maximum absolute atomic E-state index is 5.40. The van der Waals surface area contributed by atoms with Crippen LogP contribution in [0.15, 0.2) is 4.52 Å². The lowest BCUT2D eigenvalue weighted by molar-refractivity contribution is 0.336. The summed E-state index contributed by atoms with van der Waals surface area (Å²) >= 11 is 1.97. The summed E-state index contributed by atoms with van der Waals surface area (Å²) < 4.78 is 5.40. The van der Waals surface area contributed by atoms with E-state index in [0.717, 1.165) is 42.6 Å². The van der Waals surface area contributed by atoms with Crippen LogP contribution in [0.25, 0.3) is 0 Å². The van der Waals surface area contributed by atoms with Crippen molar-refractivity contribution in [3.8, 4) is 0 Å². The van der Waals surface area contributed by atoms with E-state index in [1.165, 1.54) is 6.42 Å². The maximum Gasteiger partial charge on any atom is 0.232 e. The van der Waals surface area contributed by atoms with Crippen LogP contribution in [0.4, 0.5) is 0 Å². The normalized spacial score (nSPS) is 24.4. The lowest BCUT2D eigenvalue weighted by Gasteiger charge is -2.16. The van der Waals surface area contributed by atoms with Crippen LogP contribution in [0.5, 0.6) is 0 Å². The fourth-order valence-electron chi connectivity index (χ4n) is 2.07. The standard InChI is InChI=1S/C12H21N3OS/c1-3-5-11-14-12(16-15-11)9-7-17-8-10(9)13-6-4-2/h9-10,13H,3-8H2,1-2H3. The van der Waals surface area contributed by atoms with Crippen LogP contribution in [-0.4, -0.2) is 34.2 Å². The molecular weight excluding hydrogens is 234 g/mol. The molecule has 0 radical (unpaired) electrons. The molecule has 0 saturated carbocycles. The molecule has 0 spiro atoms. The van der Waals surface area contributed by atoms with Gasteiger partial charge in [-0.2, -0.15) is 16.7 Å². The van der Waals surface area contributed by atoms with Gasteiger partial charge in [-0.25, -0.2) is 0 Å². The molecule has 0 aliphatic carbocycles. The summed E-state index contributed by atoms with van der Waals surface area (Å²) in [6, 6.07) is 0.495. The Balaban J connectivity index is 1.98. The van der Waals surface area contributed by atoms with Crippen LogP contribution in [-0.2, 0) is 6.42 Å². The Morgan fingerprint density at radius 1 is 1.35 bits per heavy atom. The van der Waals surface area contributed by atoms with Crippen molar-refractivity contribution in [2.75, 3.05) is 18.1 Å². The molecule has 2 rings (SSSR count). The first-order valence-corrected chi connectivity index (χ1v) is 7.64. The third kappa shape index (κ3) is 3.22. The number of thioether (sulfide) groups is 1. The third-order valence-electron chi connectivity index (χ3n) is 3.01. The van der Waals surface area contributed by atoms with Crippen molar-refractivity contribution in [1.82, 2.24) is 15.5 Å². The van der Waals surface area contributed by atoms with Gasteiger partial charge in [0.05, 0.1) is 5.92 Å². The minimum Gasteiger partial charge on any atom is -0.339 e. The van der Waals surface area contributed by atoms with E-state index in [2.05, 4.69) is 29.3 Å². The van der Waals surface area contributed by atoms with E-state index in [1.54, 1.807) is 0 Å². The zero-order valence-electron chi connectivity index (χ0n) is 10.6. The van der Waals surface area contributed by atoms with Gasteiger partial charge in [0.25, 0.3) is 0 Å². The van der Waals surface area contributed by atoms with Gasteiger partial charge in [-0.1, -0.05) is 19.0 Å². The highest BCUT2D eigenvalue weighted by Gasteiger charge is 2.32. The van der Waals surface area contributed by atoms with E-state index in [-0.39, 0.29) is 0 Å². The van der Waals surface area contributed by atoms with Crippen LogP contribution in [0.2, 0.25) is 0 Å². The van der Waals surface area contributed by atoms with Gasteiger partial charge in [0.15, 0.2) is 5.82 Å². The van der Waals surface area contributed by atoms with Crippen LogP contribution >= 0.6 is 11.8 Å². The van der Waals surface area contributed by atoms with E-state index >= 15 is 0 Å². The molecule has 2 unspecified atom stereocenters. The quantitative estimate of drug-likeness (QED) is 0.844. The Morgan fingerprint density at radius 2 is 2.24 bits per heavy atom. The van der Waals surface area contributed by atoms with Gasteiger partial charge in [-0.3, -0.25) is 0 Å². The minimum absolute atomic E-state index is 0.393. The lowest BCUT2D eigenvalue weighted by Crippen LogP contribution is -2.34. The molecule has 4 nitrogen and oxygen atoms in total. The van der Waals surface area contributed by atoms with Gasteiger partial charge in [0.2, 0.25) is 5.89 Å². The fraction of sp³-hybridized carbons (Fsp3) is 0.833. The average molecular weight is 255 g/mol. The molecule has 2 heterocycles. The molecular formula is C12H21N3OS. The second-order valence-electron chi connectivity index (χ2n) is 4.50. The molecule has 0 amide bonds. The molecule has 96 valence electrons. The number of aromatic nitrogens is 2. The first kappa shape index (κ1) is 12.9. The highest BCUT2D eigenvalue weighted by Crippen LogP contribution is 2.32. The number of hydrogen-bond acceptors (Lipinski definition) is 5. The van der Waals surface area contributed by atoms with Crippen molar-refractivity contribution >= 4 is 11.8 Å². The van der Waals surface area contributed by atoms with E-state index < -0.39 is 0 Å². The first-order chi connectivity index (χ1) is 8.35. The Kier molecular flexibility index (Phi) is 4.86. The summed E-state index contributed by atoms with van der Waals surface area (Å²) in [7, 11) is 0. The van der Waals surface area contributed by atoms with Crippen LogP contribution in [0.1, 0.15) is 44.3 Å². The Bertz CT molecular complexity index is 342. The highest BCUT2D eigenvalue weighted by atomic mass is 32.2. The molecule has 1 aromatic heterocycles. The molecule has 5 heteroatoms. The molecule has 1 aromatic rings. The van der Waals surface area contributed by atoms with Crippen LogP contribution in [0.3, 0.4) is 0 Å². The monoisotopic (exact) mass is 255 g/mol.